The number of carboxylic acid groups (broad SMARTS) is 1. The van der Waals surface area contributed by atoms with E-state index in [0.29, 0.717) is 12.2 Å². The summed E-state index contributed by atoms with van der Waals surface area (Å²) < 4.78 is 0. The molecule has 1 atom stereocenters. The molecule has 0 aliphatic carbocycles. The van der Waals surface area contributed by atoms with Gasteiger partial charge in [-0.2, -0.15) is 0 Å². The van der Waals surface area contributed by atoms with Crippen LogP contribution in [0.5, 0.6) is 5.75 Å². The average molecular weight is 398 g/mol. The minimum absolute atomic E-state index is 0.0929. The number of hydrogen-bond acceptors (Lipinski definition) is 6. The Bertz CT molecular complexity index is 805. The number of phenolic OH excluding ortho intramolecular Hbond substituents is 1. The van der Waals surface area contributed by atoms with Crippen molar-refractivity contribution in [3.8, 4) is 5.75 Å². The van der Waals surface area contributed by atoms with Crippen molar-refractivity contribution in [3.63, 3.8) is 0 Å². The SMILES string of the molecule is O=C(CC(CN1CCN(Cc2ccccn2)CC1)C(=O)O)Nc1ccc(O)cc1. The summed E-state index contributed by atoms with van der Waals surface area (Å²) in [6, 6.07) is 11.9. The molecule has 1 unspecified atom stereocenters. The second-order valence-electron chi connectivity index (χ2n) is 7.23. The molecule has 154 valence electrons. The molecule has 0 radical (unpaired) electrons. The summed E-state index contributed by atoms with van der Waals surface area (Å²) >= 11 is 0. The largest absolute Gasteiger partial charge is 0.508 e. The molecule has 2 aromatic rings. The first-order valence-electron chi connectivity index (χ1n) is 9.66. The van der Waals surface area contributed by atoms with E-state index in [1.165, 1.54) is 12.1 Å². The molecular weight excluding hydrogens is 372 g/mol. The van der Waals surface area contributed by atoms with Crippen molar-refractivity contribution in [2.75, 3.05) is 38.0 Å². The zero-order valence-electron chi connectivity index (χ0n) is 16.2. The summed E-state index contributed by atoms with van der Waals surface area (Å²) in [6.07, 6.45) is 1.69. The van der Waals surface area contributed by atoms with E-state index in [-0.39, 0.29) is 18.1 Å². The topological polar surface area (TPSA) is 106 Å². The molecule has 2 heterocycles. The maximum Gasteiger partial charge on any atom is 0.308 e. The van der Waals surface area contributed by atoms with Gasteiger partial charge in [0, 0.05) is 57.6 Å². The van der Waals surface area contributed by atoms with Crippen LogP contribution in [-0.2, 0) is 16.1 Å². The summed E-state index contributed by atoms with van der Waals surface area (Å²) in [5.74, 6) is -1.98. The lowest BCUT2D eigenvalue weighted by atomic mass is 10.0. The third kappa shape index (κ3) is 6.55. The van der Waals surface area contributed by atoms with Crippen LogP contribution in [0.3, 0.4) is 0 Å². The van der Waals surface area contributed by atoms with Crippen molar-refractivity contribution >= 4 is 17.6 Å². The molecule has 0 bridgehead atoms. The Morgan fingerprint density at radius 2 is 1.72 bits per heavy atom. The number of carbonyl (C=O) groups excluding carboxylic acids is 1. The number of nitrogens with zero attached hydrogens (tertiary/aromatic N) is 3. The van der Waals surface area contributed by atoms with E-state index in [1.54, 1.807) is 18.3 Å². The molecule has 1 aliphatic rings. The predicted octanol–water partition coefficient (Wildman–Crippen LogP) is 1.63. The molecule has 0 saturated carbocycles. The van der Waals surface area contributed by atoms with Crippen LogP contribution in [0, 0.1) is 5.92 Å². The Morgan fingerprint density at radius 3 is 2.34 bits per heavy atom. The molecule has 3 N–H and O–H groups in total. The lowest BCUT2D eigenvalue weighted by Crippen LogP contribution is -2.48. The van der Waals surface area contributed by atoms with Crippen molar-refractivity contribution in [1.82, 2.24) is 14.8 Å². The van der Waals surface area contributed by atoms with Crippen LogP contribution in [0.2, 0.25) is 0 Å². The number of carboxylic acids is 1. The van der Waals surface area contributed by atoms with Gasteiger partial charge in [0.15, 0.2) is 0 Å². The number of hydrogen-bond donors (Lipinski definition) is 3. The van der Waals surface area contributed by atoms with Gasteiger partial charge in [-0.15, -0.1) is 0 Å². The van der Waals surface area contributed by atoms with Gasteiger partial charge in [-0.3, -0.25) is 24.4 Å². The number of aromatic nitrogens is 1. The molecule has 1 aliphatic heterocycles. The summed E-state index contributed by atoms with van der Waals surface area (Å²) in [4.78, 5) is 32.6. The summed E-state index contributed by atoms with van der Waals surface area (Å²) in [7, 11) is 0. The van der Waals surface area contributed by atoms with Gasteiger partial charge in [-0.25, -0.2) is 0 Å². The first-order valence-corrected chi connectivity index (χ1v) is 9.66. The zero-order chi connectivity index (χ0) is 20.6. The van der Waals surface area contributed by atoms with Crippen LogP contribution in [0.4, 0.5) is 5.69 Å². The Hall–Kier alpha value is -2.97. The van der Waals surface area contributed by atoms with Gasteiger partial charge in [0.25, 0.3) is 0 Å². The van der Waals surface area contributed by atoms with Gasteiger partial charge in [-0.05, 0) is 36.4 Å². The highest BCUT2D eigenvalue weighted by atomic mass is 16.4. The molecule has 1 saturated heterocycles. The Labute approximate surface area is 169 Å². The standard InChI is InChI=1S/C21H26N4O4/c26-19-6-4-17(5-7-19)23-20(27)13-16(21(28)29)14-24-9-11-25(12-10-24)15-18-3-1-2-8-22-18/h1-8,16,26H,9-15H2,(H,23,27)(H,28,29). The van der Waals surface area contributed by atoms with Gasteiger partial charge in [0.2, 0.25) is 5.91 Å². The molecule has 3 rings (SSSR count). The van der Waals surface area contributed by atoms with Gasteiger partial charge in [0.05, 0.1) is 11.6 Å². The maximum absolute atomic E-state index is 12.2. The summed E-state index contributed by atoms with van der Waals surface area (Å²) in [5, 5.41) is 21.5. The minimum Gasteiger partial charge on any atom is -0.508 e. The highest BCUT2D eigenvalue weighted by Crippen LogP contribution is 2.16. The number of aromatic hydroxyl groups is 1. The second-order valence-corrected chi connectivity index (χ2v) is 7.23. The zero-order valence-corrected chi connectivity index (χ0v) is 16.2. The highest BCUT2D eigenvalue weighted by molar-refractivity contribution is 5.93. The quantitative estimate of drug-likeness (QED) is 0.581. The normalized spacial score (nSPS) is 16.3. The van der Waals surface area contributed by atoms with E-state index in [9.17, 15) is 19.8 Å². The molecule has 29 heavy (non-hydrogen) atoms. The number of phenols is 1. The fourth-order valence-electron chi connectivity index (χ4n) is 3.37. The number of nitrogens with one attached hydrogen (secondary N) is 1. The molecule has 0 spiro atoms. The van der Waals surface area contributed by atoms with E-state index in [0.717, 1.165) is 38.4 Å². The summed E-state index contributed by atoms with van der Waals surface area (Å²) in [6.45, 7) is 4.32. The first kappa shape index (κ1) is 20.8. The van der Waals surface area contributed by atoms with E-state index in [1.807, 2.05) is 18.2 Å². The molecular formula is C21H26N4O4. The fourth-order valence-corrected chi connectivity index (χ4v) is 3.37. The van der Waals surface area contributed by atoms with Crippen molar-refractivity contribution in [2.24, 2.45) is 5.92 Å². The third-order valence-corrected chi connectivity index (χ3v) is 4.99. The van der Waals surface area contributed by atoms with Gasteiger partial charge in [0.1, 0.15) is 5.75 Å². The molecule has 8 heteroatoms. The van der Waals surface area contributed by atoms with Crippen LogP contribution in [0.1, 0.15) is 12.1 Å². The van der Waals surface area contributed by atoms with Crippen LogP contribution in [0.15, 0.2) is 48.7 Å². The number of piperazine rings is 1. The van der Waals surface area contributed by atoms with E-state index in [4.69, 9.17) is 0 Å². The third-order valence-electron chi connectivity index (χ3n) is 4.99. The van der Waals surface area contributed by atoms with E-state index in [2.05, 4.69) is 20.1 Å². The molecule has 1 fully saturated rings. The van der Waals surface area contributed by atoms with Gasteiger partial charge in [-0.1, -0.05) is 6.07 Å². The number of pyridine rings is 1. The Kier molecular flexibility index (Phi) is 7.15. The number of aliphatic carboxylic acids is 1. The Balaban J connectivity index is 1.46. The van der Waals surface area contributed by atoms with E-state index < -0.39 is 11.9 Å². The van der Waals surface area contributed by atoms with Gasteiger partial charge >= 0.3 is 5.97 Å². The number of anilines is 1. The molecule has 1 aromatic carbocycles. The monoisotopic (exact) mass is 398 g/mol. The Morgan fingerprint density at radius 1 is 1.03 bits per heavy atom. The first-order chi connectivity index (χ1) is 14.0. The van der Waals surface area contributed by atoms with Crippen molar-refractivity contribution in [2.45, 2.75) is 13.0 Å². The van der Waals surface area contributed by atoms with Crippen molar-refractivity contribution in [3.05, 3.63) is 54.4 Å². The predicted molar refractivity (Wildman–Crippen MR) is 108 cm³/mol. The molecule has 8 nitrogen and oxygen atoms in total. The van der Waals surface area contributed by atoms with Crippen molar-refractivity contribution in [1.29, 1.82) is 0 Å². The molecule has 1 amide bonds. The van der Waals surface area contributed by atoms with E-state index >= 15 is 0 Å². The average Bonchev–Trinajstić information content (AvgIpc) is 2.71. The van der Waals surface area contributed by atoms with Gasteiger partial charge < -0.3 is 15.5 Å². The number of benzene rings is 1. The number of rotatable bonds is 8. The molecule has 1 aromatic heterocycles. The number of amides is 1. The summed E-state index contributed by atoms with van der Waals surface area (Å²) in [5.41, 5.74) is 1.55. The van der Waals surface area contributed by atoms with Crippen LogP contribution in [-0.4, -0.2) is 69.6 Å². The number of carbonyl (C=O) groups is 2. The minimum atomic E-state index is -0.971. The van der Waals surface area contributed by atoms with Crippen LogP contribution >= 0.6 is 0 Å². The lowest BCUT2D eigenvalue weighted by molar-refractivity contribution is -0.144. The maximum atomic E-state index is 12.2. The smallest absolute Gasteiger partial charge is 0.308 e. The van der Waals surface area contributed by atoms with Crippen molar-refractivity contribution < 1.29 is 19.8 Å². The fraction of sp³-hybridized carbons (Fsp3) is 0.381. The highest BCUT2D eigenvalue weighted by Gasteiger charge is 2.26. The van der Waals surface area contributed by atoms with Crippen LogP contribution in [0.25, 0.3) is 0 Å². The second kappa shape index (κ2) is 9.99. The lowest BCUT2D eigenvalue weighted by Gasteiger charge is -2.35. The van der Waals surface area contributed by atoms with Crippen LogP contribution < -0.4 is 5.32 Å².